The van der Waals surface area contributed by atoms with Crippen LogP contribution in [0, 0.1) is 11.6 Å². The lowest BCUT2D eigenvalue weighted by atomic mass is 10.1. The van der Waals surface area contributed by atoms with Crippen LogP contribution < -0.4 is 10.6 Å². The van der Waals surface area contributed by atoms with E-state index in [1.807, 2.05) is 0 Å². The Bertz CT molecular complexity index is 636. The van der Waals surface area contributed by atoms with Gasteiger partial charge in [0.2, 0.25) is 5.91 Å². The zero-order chi connectivity index (χ0) is 16.1. The molecule has 2 N–H and O–H groups in total. The highest BCUT2D eigenvalue weighted by Crippen LogP contribution is 2.11. The summed E-state index contributed by atoms with van der Waals surface area (Å²) in [5.41, 5.74) is 1.25. The van der Waals surface area contributed by atoms with E-state index in [2.05, 4.69) is 15.7 Å². The van der Waals surface area contributed by atoms with Gasteiger partial charge in [0.25, 0.3) is 0 Å². The average molecular weight is 308 g/mol. The van der Waals surface area contributed by atoms with Gasteiger partial charge < -0.3 is 10.6 Å². The van der Waals surface area contributed by atoms with E-state index in [4.69, 9.17) is 0 Å². The number of likely N-dealkylation sites (N-methyl/N-ethyl adjacent to an activating group) is 1. The van der Waals surface area contributed by atoms with Gasteiger partial charge in [0.1, 0.15) is 17.7 Å². The summed E-state index contributed by atoms with van der Waals surface area (Å²) in [6.07, 6.45) is 3.72. The molecule has 1 heterocycles. The lowest BCUT2D eigenvalue weighted by Gasteiger charge is -2.14. The molecule has 118 valence electrons. The molecule has 7 heteroatoms. The highest BCUT2D eigenvalue weighted by atomic mass is 19.1. The number of aromatic nitrogens is 2. The number of rotatable bonds is 6. The highest BCUT2D eigenvalue weighted by Gasteiger charge is 2.19. The van der Waals surface area contributed by atoms with E-state index >= 15 is 0 Å². The molecule has 1 atom stereocenters. The van der Waals surface area contributed by atoms with Crippen LogP contribution in [0.1, 0.15) is 17.2 Å². The van der Waals surface area contributed by atoms with Crippen LogP contribution in [0.5, 0.6) is 0 Å². The summed E-state index contributed by atoms with van der Waals surface area (Å²) in [6, 6.07) is 2.82. The number of nitrogens with one attached hydrogen (secondary N) is 2. The van der Waals surface area contributed by atoms with Gasteiger partial charge in [-0.3, -0.25) is 9.48 Å². The predicted octanol–water partition coefficient (Wildman–Crippen LogP) is 1.32. The molecule has 2 aromatic rings. The molecule has 2 rings (SSSR count). The van der Waals surface area contributed by atoms with Gasteiger partial charge in [-0.2, -0.15) is 5.10 Å². The van der Waals surface area contributed by atoms with E-state index in [1.165, 1.54) is 12.1 Å². The van der Waals surface area contributed by atoms with Crippen molar-refractivity contribution < 1.29 is 13.6 Å². The van der Waals surface area contributed by atoms with E-state index in [0.29, 0.717) is 18.5 Å². The Morgan fingerprint density at radius 1 is 1.32 bits per heavy atom. The molecule has 0 aliphatic rings. The molecule has 1 aromatic heterocycles. The molecule has 1 aromatic carbocycles. The Labute approximate surface area is 127 Å². The van der Waals surface area contributed by atoms with Gasteiger partial charge in [-0.05, 0) is 31.2 Å². The minimum atomic E-state index is -0.621. The first kappa shape index (κ1) is 16.1. The minimum Gasteiger partial charge on any atom is -0.354 e. The van der Waals surface area contributed by atoms with E-state index in [9.17, 15) is 13.6 Å². The quantitative estimate of drug-likeness (QED) is 0.846. The maximum Gasteiger partial charge on any atom is 0.241 e. The fourth-order valence-corrected chi connectivity index (χ4v) is 2.23. The summed E-state index contributed by atoms with van der Waals surface area (Å²) in [5, 5.41) is 9.69. The molecule has 0 saturated carbocycles. The molecular formula is C15H18F2N4O. The number of amides is 1. The van der Waals surface area contributed by atoms with Crippen molar-refractivity contribution in [3.8, 4) is 0 Å². The first-order chi connectivity index (χ1) is 10.5. The molecule has 0 spiro atoms. The van der Waals surface area contributed by atoms with Gasteiger partial charge in [-0.15, -0.1) is 0 Å². The normalized spacial score (nSPS) is 12.2. The monoisotopic (exact) mass is 308 g/mol. The van der Waals surface area contributed by atoms with Crippen LogP contribution in [0.25, 0.3) is 0 Å². The molecule has 0 aliphatic carbocycles. The van der Waals surface area contributed by atoms with Crippen LogP contribution >= 0.6 is 0 Å². The van der Waals surface area contributed by atoms with E-state index in [1.54, 1.807) is 31.2 Å². The number of halogens is 2. The molecule has 0 fully saturated rings. The average Bonchev–Trinajstić information content (AvgIpc) is 2.85. The van der Waals surface area contributed by atoms with Gasteiger partial charge >= 0.3 is 0 Å². The summed E-state index contributed by atoms with van der Waals surface area (Å²) in [5.74, 6) is -1.46. The van der Waals surface area contributed by atoms with Gasteiger partial charge in [0, 0.05) is 31.4 Å². The third-order valence-electron chi connectivity index (χ3n) is 3.24. The van der Waals surface area contributed by atoms with Gasteiger partial charge in [-0.25, -0.2) is 8.78 Å². The summed E-state index contributed by atoms with van der Waals surface area (Å²) in [6.45, 7) is 0.292. The number of carbonyl (C=O) groups excluding carboxylic acids is 1. The first-order valence-corrected chi connectivity index (χ1v) is 6.88. The Balaban J connectivity index is 1.91. The Morgan fingerprint density at radius 3 is 2.55 bits per heavy atom. The molecule has 22 heavy (non-hydrogen) atoms. The number of aryl methyl sites for hydroxylation is 1. The third kappa shape index (κ3) is 4.11. The summed E-state index contributed by atoms with van der Waals surface area (Å²) < 4.78 is 27.8. The molecule has 1 unspecified atom stereocenters. The van der Waals surface area contributed by atoms with Crippen molar-refractivity contribution in [2.45, 2.75) is 12.5 Å². The van der Waals surface area contributed by atoms with Crippen molar-refractivity contribution in [3.63, 3.8) is 0 Å². The second-order valence-electron chi connectivity index (χ2n) is 4.99. The number of hydrogen-bond acceptors (Lipinski definition) is 3. The maximum absolute atomic E-state index is 13.1. The fraction of sp³-hybridized carbons (Fsp3) is 0.333. The van der Waals surface area contributed by atoms with E-state index < -0.39 is 17.7 Å². The maximum atomic E-state index is 13.1. The van der Waals surface area contributed by atoms with Gasteiger partial charge in [0.05, 0.1) is 6.20 Å². The fourth-order valence-electron chi connectivity index (χ4n) is 2.23. The minimum absolute atomic E-state index is 0.215. The topological polar surface area (TPSA) is 59.0 Å². The lowest BCUT2D eigenvalue weighted by molar-refractivity contribution is -0.123. The van der Waals surface area contributed by atoms with Crippen LogP contribution in [-0.4, -0.2) is 29.3 Å². The highest BCUT2D eigenvalue weighted by molar-refractivity contribution is 5.83. The lowest BCUT2D eigenvalue weighted by Crippen LogP contribution is -2.36. The van der Waals surface area contributed by atoms with Gasteiger partial charge in [-0.1, -0.05) is 0 Å². The molecule has 0 bridgehead atoms. The summed E-state index contributed by atoms with van der Waals surface area (Å²) in [4.78, 5) is 12.1. The number of carbonyl (C=O) groups is 1. The van der Waals surface area contributed by atoms with Crippen LogP contribution in [0.2, 0.25) is 0 Å². The second-order valence-corrected chi connectivity index (χ2v) is 4.99. The zero-order valence-corrected chi connectivity index (χ0v) is 12.4. The summed E-state index contributed by atoms with van der Waals surface area (Å²) >= 11 is 0. The van der Waals surface area contributed by atoms with Crippen LogP contribution in [0.4, 0.5) is 8.78 Å². The number of nitrogens with zero attached hydrogens (tertiary/aromatic N) is 2. The van der Waals surface area contributed by atoms with Crippen LogP contribution in [-0.2, 0) is 18.3 Å². The summed E-state index contributed by atoms with van der Waals surface area (Å²) in [7, 11) is 3.45. The zero-order valence-electron chi connectivity index (χ0n) is 12.4. The van der Waals surface area contributed by atoms with Crippen molar-refractivity contribution in [2.75, 3.05) is 13.6 Å². The molecule has 0 radical (unpaired) electrons. The largest absolute Gasteiger partial charge is 0.354 e. The molecule has 5 nitrogen and oxygen atoms in total. The van der Waals surface area contributed by atoms with E-state index in [-0.39, 0.29) is 5.91 Å². The molecule has 1 amide bonds. The van der Waals surface area contributed by atoms with Crippen molar-refractivity contribution in [1.29, 1.82) is 0 Å². The second kappa shape index (κ2) is 7.13. The molecular weight excluding hydrogens is 290 g/mol. The molecule has 0 aliphatic heterocycles. The van der Waals surface area contributed by atoms with Crippen molar-refractivity contribution in [2.24, 2.45) is 7.05 Å². The van der Waals surface area contributed by atoms with Gasteiger partial charge in [0.15, 0.2) is 0 Å². The van der Waals surface area contributed by atoms with E-state index in [0.717, 1.165) is 11.6 Å². The van der Waals surface area contributed by atoms with Crippen LogP contribution in [0.15, 0.2) is 30.6 Å². The first-order valence-electron chi connectivity index (χ1n) is 6.88. The van der Waals surface area contributed by atoms with Crippen molar-refractivity contribution in [3.05, 3.63) is 53.4 Å². The SMILES string of the molecule is CNC(C(=O)NCCc1cc(F)cc(F)c1)c1cnn(C)c1. The predicted molar refractivity (Wildman–Crippen MR) is 78.1 cm³/mol. The smallest absolute Gasteiger partial charge is 0.241 e. The Morgan fingerprint density at radius 2 is 2.00 bits per heavy atom. The molecule has 0 saturated heterocycles. The Kier molecular flexibility index (Phi) is 5.21. The Hall–Kier alpha value is -2.28. The van der Waals surface area contributed by atoms with Crippen molar-refractivity contribution in [1.82, 2.24) is 20.4 Å². The van der Waals surface area contributed by atoms with Crippen LogP contribution in [0.3, 0.4) is 0 Å². The third-order valence-corrected chi connectivity index (χ3v) is 3.24. The number of benzene rings is 1. The van der Waals surface area contributed by atoms with Crippen molar-refractivity contribution >= 4 is 5.91 Å². The number of hydrogen-bond donors (Lipinski definition) is 2. The standard InChI is InChI=1S/C15H18F2N4O/c1-18-14(11-8-20-21(2)9-11)15(22)19-4-3-10-5-12(16)7-13(17)6-10/h5-9,14,18H,3-4H2,1-2H3,(H,19,22).